The summed E-state index contributed by atoms with van der Waals surface area (Å²) in [5, 5.41) is 2.55. The second-order valence-electron chi connectivity index (χ2n) is 5.74. The third kappa shape index (κ3) is 4.51. The highest BCUT2D eigenvalue weighted by atomic mass is 32.2. The highest BCUT2D eigenvalue weighted by molar-refractivity contribution is 7.92. The minimum absolute atomic E-state index is 0.0995. The van der Waals surface area contributed by atoms with Gasteiger partial charge in [0.1, 0.15) is 5.75 Å². The van der Waals surface area contributed by atoms with E-state index in [1.807, 2.05) is 0 Å². The van der Waals surface area contributed by atoms with E-state index in [1.54, 1.807) is 64.4 Å². The van der Waals surface area contributed by atoms with Crippen molar-refractivity contribution >= 4 is 21.6 Å². The van der Waals surface area contributed by atoms with Crippen molar-refractivity contribution in [3.63, 3.8) is 0 Å². The molecule has 0 aliphatic carbocycles. The topological polar surface area (TPSA) is 84.5 Å². The van der Waals surface area contributed by atoms with Gasteiger partial charge < -0.3 is 10.1 Å². The average molecular weight is 362 g/mol. The van der Waals surface area contributed by atoms with Crippen LogP contribution in [0.15, 0.2) is 41.3 Å². The van der Waals surface area contributed by atoms with E-state index < -0.39 is 10.0 Å². The van der Waals surface area contributed by atoms with E-state index in [2.05, 4.69) is 10.0 Å². The molecular weight excluding hydrogens is 340 g/mol. The molecule has 1 amide bonds. The SMILES string of the molecule is CNC(=O)Cc1ccc(NS(=O)(=O)c2cc(C)c(OC)c(C)c2)cc1. The molecule has 0 aliphatic heterocycles. The standard InChI is InChI=1S/C18H22N2O4S/c1-12-9-16(10-13(2)18(12)24-4)25(22,23)20-15-7-5-14(6-8-15)11-17(21)19-3/h5-10,20H,11H2,1-4H3,(H,19,21). The third-order valence-electron chi connectivity index (χ3n) is 3.80. The van der Waals surface area contributed by atoms with E-state index in [-0.39, 0.29) is 17.2 Å². The van der Waals surface area contributed by atoms with Crippen LogP contribution in [0.3, 0.4) is 0 Å². The second kappa shape index (κ2) is 7.57. The highest BCUT2D eigenvalue weighted by Gasteiger charge is 2.17. The molecule has 0 fully saturated rings. The van der Waals surface area contributed by atoms with Gasteiger partial charge in [0.2, 0.25) is 5.91 Å². The quantitative estimate of drug-likeness (QED) is 0.826. The molecule has 0 aromatic heterocycles. The fraction of sp³-hybridized carbons (Fsp3) is 0.278. The molecule has 0 unspecified atom stereocenters. The molecule has 0 saturated heterocycles. The molecule has 2 aromatic rings. The van der Waals surface area contributed by atoms with E-state index in [4.69, 9.17) is 4.74 Å². The molecule has 2 aromatic carbocycles. The monoisotopic (exact) mass is 362 g/mol. The van der Waals surface area contributed by atoms with Gasteiger partial charge in [-0.3, -0.25) is 9.52 Å². The van der Waals surface area contributed by atoms with Crippen molar-refractivity contribution in [2.24, 2.45) is 0 Å². The molecule has 0 spiro atoms. The van der Waals surface area contributed by atoms with Crippen LogP contribution in [0.1, 0.15) is 16.7 Å². The maximum absolute atomic E-state index is 12.6. The molecule has 0 heterocycles. The van der Waals surface area contributed by atoms with Gasteiger partial charge in [-0.05, 0) is 54.8 Å². The number of aryl methyl sites for hydroxylation is 2. The number of benzene rings is 2. The first kappa shape index (κ1) is 18.8. The summed E-state index contributed by atoms with van der Waals surface area (Å²) in [4.78, 5) is 11.5. The third-order valence-corrected chi connectivity index (χ3v) is 5.16. The van der Waals surface area contributed by atoms with E-state index in [0.717, 1.165) is 16.7 Å². The van der Waals surface area contributed by atoms with E-state index >= 15 is 0 Å². The van der Waals surface area contributed by atoms with Crippen molar-refractivity contribution in [1.82, 2.24) is 5.32 Å². The molecule has 134 valence electrons. The Morgan fingerprint density at radius 1 is 1.08 bits per heavy atom. The van der Waals surface area contributed by atoms with Gasteiger partial charge in [0.15, 0.2) is 0 Å². The molecule has 0 aliphatic rings. The maximum atomic E-state index is 12.6. The van der Waals surface area contributed by atoms with Gasteiger partial charge in [0.05, 0.1) is 18.4 Å². The highest BCUT2D eigenvalue weighted by Crippen LogP contribution is 2.27. The molecule has 6 nitrogen and oxygen atoms in total. The first-order valence-corrected chi connectivity index (χ1v) is 9.22. The largest absolute Gasteiger partial charge is 0.496 e. The Kier molecular flexibility index (Phi) is 5.69. The number of anilines is 1. The minimum atomic E-state index is -3.71. The van der Waals surface area contributed by atoms with Crippen LogP contribution < -0.4 is 14.8 Å². The van der Waals surface area contributed by atoms with Gasteiger partial charge in [0.25, 0.3) is 10.0 Å². The zero-order valence-corrected chi connectivity index (χ0v) is 15.5. The first-order valence-electron chi connectivity index (χ1n) is 7.74. The fourth-order valence-corrected chi connectivity index (χ4v) is 3.79. The lowest BCUT2D eigenvalue weighted by molar-refractivity contribution is -0.119. The van der Waals surface area contributed by atoms with Gasteiger partial charge in [-0.2, -0.15) is 0 Å². The number of carbonyl (C=O) groups is 1. The predicted octanol–water partition coefficient (Wildman–Crippen LogP) is 2.40. The number of hydrogen-bond acceptors (Lipinski definition) is 4. The number of sulfonamides is 1. The Bertz CT molecular complexity index is 851. The summed E-state index contributed by atoms with van der Waals surface area (Å²) >= 11 is 0. The van der Waals surface area contributed by atoms with Crippen molar-refractivity contribution in [2.75, 3.05) is 18.9 Å². The number of likely N-dealkylation sites (N-methyl/N-ethyl adjacent to an activating group) is 1. The molecule has 7 heteroatoms. The van der Waals surface area contributed by atoms with E-state index in [9.17, 15) is 13.2 Å². The lowest BCUT2D eigenvalue weighted by atomic mass is 10.1. The summed E-state index contributed by atoms with van der Waals surface area (Å²) in [5.41, 5.74) is 2.75. The molecular formula is C18H22N2O4S. The number of amides is 1. The number of methoxy groups -OCH3 is 1. The number of ether oxygens (including phenoxy) is 1. The first-order chi connectivity index (χ1) is 11.8. The van der Waals surface area contributed by atoms with Gasteiger partial charge in [-0.15, -0.1) is 0 Å². The summed E-state index contributed by atoms with van der Waals surface area (Å²) in [6.45, 7) is 3.61. The molecule has 2 rings (SSSR count). The number of nitrogens with one attached hydrogen (secondary N) is 2. The Balaban J connectivity index is 2.23. The summed E-state index contributed by atoms with van der Waals surface area (Å²) in [7, 11) is -0.578. The van der Waals surface area contributed by atoms with Crippen molar-refractivity contribution < 1.29 is 17.9 Å². The molecule has 0 bridgehead atoms. The van der Waals surface area contributed by atoms with Crippen LogP contribution in [0.25, 0.3) is 0 Å². The van der Waals surface area contributed by atoms with Crippen LogP contribution in [0.2, 0.25) is 0 Å². The van der Waals surface area contributed by atoms with Crippen LogP contribution in [0.5, 0.6) is 5.75 Å². The van der Waals surface area contributed by atoms with Crippen LogP contribution >= 0.6 is 0 Å². The lowest BCUT2D eigenvalue weighted by Gasteiger charge is -2.13. The Hall–Kier alpha value is -2.54. The molecule has 0 atom stereocenters. The predicted molar refractivity (Wildman–Crippen MR) is 97.5 cm³/mol. The van der Waals surface area contributed by atoms with Gasteiger partial charge in [0, 0.05) is 12.7 Å². The Labute approximate surface area is 148 Å². The average Bonchev–Trinajstić information content (AvgIpc) is 2.56. The summed E-state index contributed by atoms with van der Waals surface area (Å²) in [5.74, 6) is 0.579. The van der Waals surface area contributed by atoms with Gasteiger partial charge >= 0.3 is 0 Å². The van der Waals surface area contributed by atoms with E-state index in [0.29, 0.717) is 11.4 Å². The second-order valence-corrected chi connectivity index (χ2v) is 7.43. The van der Waals surface area contributed by atoms with Gasteiger partial charge in [-0.25, -0.2) is 8.42 Å². The normalized spacial score (nSPS) is 11.0. The van der Waals surface area contributed by atoms with E-state index in [1.165, 1.54) is 0 Å². The molecule has 0 saturated carbocycles. The molecule has 2 N–H and O–H groups in total. The Morgan fingerprint density at radius 2 is 1.64 bits per heavy atom. The number of carbonyl (C=O) groups excluding carboxylic acids is 1. The summed E-state index contributed by atoms with van der Waals surface area (Å²) < 4.78 is 33.0. The zero-order chi connectivity index (χ0) is 18.6. The van der Waals surface area contributed by atoms with Crippen molar-refractivity contribution in [3.8, 4) is 5.75 Å². The zero-order valence-electron chi connectivity index (χ0n) is 14.7. The van der Waals surface area contributed by atoms with Crippen LogP contribution in [0.4, 0.5) is 5.69 Å². The maximum Gasteiger partial charge on any atom is 0.261 e. The molecule has 0 radical (unpaired) electrons. The number of rotatable bonds is 6. The van der Waals surface area contributed by atoms with Gasteiger partial charge in [-0.1, -0.05) is 12.1 Å². The fourth-order valence-electron chi connectivity index (χ4n) is 2.57. The summed E-state index contributed by atoms with van der Waals surface area (Å²) in [6.07, 6.45) is 0.250. The van der Waals surface area contributed by atoms with Crippen molar-refractivity contribution in [2.45, 2.75) is 25.2 Å². The van der Waals surface area contributed by atoms with Crippen molar-refractivity contribution in [3.05, 3.63) is 53.1 Å². The van der Waals surface area contributed by atoms with Crippen LogP contribution in [-0.2, 0) is 21.2 Å². The smallest absolute Gasteiger partial charge is 0.261 e. The molecule has 25 heavy (non-hydrogen) atoms. The van der Waals surface area contributed by atoms with Crippen molar-refractivity contribution in [1.29, 1.82) is 0 Å². The summed E-state index contributed by atoms with van der Waals surface area (Å²) in [6, 6.07) is 9.87. The van der Waals surface area contributed by atoms with Crippen LogP contribution in [0, 0.1) is 13.8 Å². The lowest BCUT2D eigenvalue weighted by Crippen LogP contribution is -2.19. The minimum Gasteiger partial charge on any atom is -0.496 e. The van der Waals surface area contributed by atoms with Crippen LogP contribution in [-0.4, -0.2) is 28.5 Å². The number of hydrogen-bond donors (Lipinski definition) is 2. The Morgan fingerprint density at radius 3 is 2.12 bits per heavy atom.